The maximum atomic E-state index is 12.8. The van der Waals surface area contributed by atoms with Gasteiger partial charge in [0.15, 0.2) is 6.61 Å². The van der Waals surface area contributed by atoms with Crippen LogP contribution in [0.2, 0.25) is 0 Å². The van der Waals surface area contributed by atoms with Crippen molar-refractivity contribution in [2.45, 2.75) is 18.7 Å². The van der Waals surface area contributed by atoms with Crippen molar-refractivity contribution in [1.29, 1.82) is 0 Å². The Bertz CT molecular complexity index is 945. The molecule has 1 amide bonds. The average Bonchev–Trinajstić information content (AvgIpc) is 2.71. The predicted octanol–water partition coefficient (Wildman–Crippen LogP) is 2.22. The topological polar surface area (TPSA) is 76.2 Å². The summed E-state index contributed by atoms with van der Waals surface area (Å²) in [6.07, 6.45) is 0. The quantitative estimate of drug-likeness (QED) is 0.719. The molecule has 0 N–H and O–H groups in total. The van der Waals surface area contributed by atoms with Crippen LogP contribution in [-0.4, -0.2) is 63.4 Å². The number of rotatable bonds is 6. The van der Waals surface area contributed by atoms with Gasteiger partial charge in [0.1, 0.15) is 11.5 Å². The van der Waals surface area contributed by atoms with Crippen molar-refractivity contribution in [3.8, 4) is 11.5 Å². The molecule has 0 atom stereocenters. The second kappa shape index (κ2) is 8.84. The summed E-state index contributed by atoms with van der Waals surface area (Å²) in [6.45, 7) is 5.07. The molecule has 0 saturated carbocycles. The number of piperazine rings is 1. The van der Waals surface area contributed by atoms with Gasteiger partial charge in [-0.15, -0.1) is 0 Å². The van der Waals surface area contributed by atoms with Gasteiger partial charge in [-0.3, -0.25) is 4.79 Å². The lowest BCUT2D eigenvalue weighted by molar-refractivity contribution is -0.134. The van der Waals surface area contributed by atoms with E-state index >= 15 is 0 Å². The summed E-state index contributed by atoms with van der Waals surface area (Å²) in [7, 11) is -2.06. The molecule has 29 heavy (non-hydrogen) atoms. The van der Waals surface area contributed by atoms with Gasteiger partial charge in [0.05, 0.1) is 12.0 Å². The molecule has 1 aliphatic rings. The number of hydrogen-bond acceptors (Lipinski definition) is 5. The summed E-state index contributed by atoms with van der Waals surface area (Å²) in [5.41, 5.74) is 2.15. The van der Waals surface area contributed by atoms with Gasteiger partial charge in [-0.2, -0.15) is 4.31 Å². The molecule has 1 heterocycles. The Morgan fingerprint density at radius 1 is 0.931 bits per heavy atom. The van der Waals surface area contributed by atoms with Crippen LogP contribution in [-0.2, 0) is 14.8 Å². The standard InChI is InChI=1S/C21H26N2O5S/c1-16-12-17(2)14-19(13-16)28-15-21(24)22-8-10-23(11-9-22)29(25,26)20-6-4-18(27-3)5-7-20/h4-7,12-14H,8-11,15H2,1-3H3. The zero-order chi connectivity index (χ0) is 21.0. The van der Waals surface area contributed by atoms with Gasteiger partial charge in [0, 0.05) is 26.2 Å². The van der Waals surface area contributed by atoms with Gasteiger partial charge in [0.25, 0.3) is 5.91 Å². The fourth-order valence-corrected chi connectivity index (χ4v) is 4.75. The summed E-state index contributed by atoms with van der Waals surface area (Å²) < 4.78 is 37.7. The Hall–Kier alpha value is -2.58. The summed E-state index contributed by atoms with van der Waals surface area (Å²) >= 11 is 0. The third kappa shape index (κ3) is 5.07. The second-order valence-electron chi connectivity index (χ2n) is 7.07. The van der Waals surface area contributed by atoms with Crippen LogP contribution in [0.15, 0.2) is 47.4 Å². The van der Waals surface area contributed by atoms with E-state index in [1.165, 1.54) is 23.5 Å². The van der Waals surface area contributed by atoms with Crippen molar-refractivity contribution < 1.29 is 22.7 Å². The van der Waals surface area contributed by atoms with Crippen LogP contribution >= 0.6 is 0 Å². The molecule has 1 saturated heterocycles. The molecule has 0 aliphatic carbocycles. The summed E-state index contributed by atoms with van der Waals surface area (Å²) in [5.74, 6) is 1.12. The Morgan fingerprint density at radius 2 is 1.52 bits per heavy atom. The Balaban J connectivity index is 1.55. The van der Waals surface area contributed by atoms with Crippen LogP contribution in [0.25, 0.3) is 0 Å². The van der Waals surface area contributed by atoms with E-state index < -0.39 is 10.0 Å². The van der Waals surface area contributed by atoms with Gasteiger partial charge < -0.3 is 14.4 Å². The number of sulfonamides is 1. The van der Waals surface area contributed by atoms with E-state index in [0.29, 0.717) is 24.6 Å². The smallest absolute Gasteiger partial charge is 0.260 e. The number of ether oxygens (including phenoxy) is 2. The lowest BCUT2D eigenvalue weighted by Gasteiger charge is -2.34. The zero-order valence-electron chi connectivity index (χ0n) is 16.9. The molecular formula is C21H26N2O5S. The highest BCUT2D eigenvalue weighted by Gasteiger charge is 2.30. The Kier molecular flexibility index (Phi) is 6.44. The van der Waals surface area contributed by atoms with E-state index in [1.54, 1.807) is 17.0 Å². The fourth-order valence-electron chi connectivity index (χ4n) is 3.33. The van der Waals surface area contributed by atoms with Crippen molar-refractivity contribution in [2.75, 3.05) is 39.9 Å². The molecule has 8 heteroatoms. The lowest BCUT2D eigenvalue weighted by atomic mass is 10.1. The first-order valence-electron chi connectivity index (χ1n) is 9.42. The number of aryl methyl sites for hydroxylation is 2. The van der Waals surface area contributed by atoms with Gasteiger partial charge in [-0.05, 0) is 61.4 Å². The van der Waals surface area contributed by atoms with E-state index in [1.807, 2.05) is 32.0 Å². The number of methoxy groups -OCH3 is 1. The molecule has 0 radical (unpaired) electrons. The highest BCUT2D eigenvalue weighted by molar-refractivity contribution is 7.89. The first-order valence-corrected chi connectivity index (χ1v) is 10.9. The minimum atomic E-state index is -3.59. The fraction of sp³-hybridized carbons (Fsp3) is 0.381. The SMILES string of the molecule is COc1ccc(S(=O)(=O)N2CCN(C(=O)COc3cc(C)cc(C)c3)CC2)cc1. The van der Waals surface area contributed by atoms with Crippen LogP contribution in [0.1, 0.15) is 11.1 Å². The van der Waals surface area contributed by atoms with Crippen molar-refractivity contribution in [3.05, 3.63) is 53.6 Å². The summed E-state index contributed by atoms with van der Waals surface area (Å²) in [6, 6.07) is 12.1. The van der Waals surface area contributed by atoms with E-state index in [4.69, 9.17) is 9.47 Å². The molecule has 3 rings (SSSR count). The van der Waals surface area contributed by atoms with Crippen molar-refractivity contribution >= 4 is 15.9 Å². The van der Waals surface area contributed by atoms with Crippen molar-refractivity contribution in [2.24, 2.45) is 0 Å². The van der Waals surface area contributed by atoms with Crippen molar-refractivity contribution in [3.63, 3.8) is 0 Å². The molecule has 2 aromatic carbocycles. The highest BCUT2D eigenvalue weighted by atomic mass is 32.2. The molecule has 0 aromatic heterocycles. The van der Waals surface area contributed by atoms with E-state index in [2.05, 4.69) is 0 Å². The van der Waals surface area contributed by atoms with E-state index in [-0.39, 0.29) is 30.5 Å². The average molecular weight is 419 g/mol. The molecule has 156 valence electrons. The highest BCUT2D eigenvalue weighted by Crippen LogP contribution is 2.21. The number of amides is 1. The minimum Gasteiger partial charge on any atom is -0.497 e. The van der Waals surface area contributed by atoms with Gasteiger partial charge in [0.2, 0.25) is 10.0 Å². The van der Waals surface area contributed by atoms with Crippen LogP contribution < -0.4 is 9.47 Å². The van der Waals surface area contributed by atoms with Gasteiger partial charge in [-0.25, -0.2) is 8.42 Å². The maximum Gasteiger partial charge on any atom is 0.260 e. The zero-order valence-corrected chi connectivity index (χ0v) is 17.7. The van der Waals surface area contributed by atoms with Gasteiger partial charge in [-0.1, -0.05) is 6.07 Å². The van der Waals surface area contributed by atoms with Crippen LogP contribution in [0.4, 0.5) is 0 Å². The lowest BCUT2D eigenvalue weighted by Crippen LogP contribution is -2.51. The number of carbonyl (C=O) groups is 1. The first-order chi connectivity index (χ1) is 13.8. The van der Waals surface area contributed by atoms with Crippen LogP contribution in [0, 0.1) is 13.8 Å². The molecule has 1 aliphatic heterocycles. The molecule has 7 nitrogen and oxygen atoms in total. The largest absolute Gasteiger partial charge is 0.497 e. The Labute approximate surface area is 171 Å². The monoisotopic (exact) mass is 418 g/mol. The molecular weight excluding hydrogens is 392 g/mol. The minimum absolute atomic E-state index is 0.0614. The third-order valence-corrected chi connectivity index (χ3v) is 6.76. The summed E-state index contributed by atoms with van der Waals surface area (Å²) in [5, 5.41) is 0. The van der Waals surface area contributed by atoms with E-state index in [9.17, 15) is 13.2 Å². The molecule has 0 spiro atoms. The molecule has 2 aromatic rings. The van der Waals surface area contributed by atoms with E-state index in [0.717, 1.165) is 11.1 Å². The number of hydrogen-bond donors (Lipinski definition) is 0. The third-order valence-electron chi connectivity index (χ3n) is 4.85. The predicted molar refractivity (Wildman–Crippen MR) is 110 cm³/mol. The van der Waals surface area contributed by atoms with Crippen LogP contribution in [0.5, 0.6) is 11.5 Å². The van der Waals surface area contributed by atoms with Crippen molar-refractivity contribution in [1.82, 2.24) is 9.21 Å². The molecule has 0 bridgehead atoms. The molecule has 0 unspecified atom stereocenters. The molecule has 1 fully saturated rings. The first kappa shape index (κ1) is 21.1. The number of benzene rings is 2. The number of nitrogens with zero attached hydrogens (tertiary/aromatic N) is 2. The maximum absolute atomic E-state index is 12.8. The Morgan fingerprint density at radius 3 is 2.07 bits per heavy atom. The van der Waals surface area contributed by atoms with Crippen LogP contribution in [0.3, 0.4) is 0 Å². The summed E-state index contributed by atoms with van der Waals surface area (Å²) in [4.78, 5) is 14.3. The number of carbonyl (C=O) groups excluding carboxylic acids is 1. The van der Waals surface area contributed by atoms with Gasteiger partial charge >= 0.3 is 0 Å². The second-order valence-corrected chi connectivity index (χ2v) is 9.01. The normalized spacial score (nSPS) is 15.2.